The smallest absolute Gasteiger partial charge is 0.253 e. The van der Waals surface area contributed by atoms with Crippen LogP contribution in [0.2, 0.25) is 0 Å². The van der Waals surface area contributed by atoms with Gasteiger partial charge in [0.15, 0.2) is 5.82 Å². The highest BCUT2D eigenvalue weighted by Crippen LogP contribution is 2.23. The SMILES string of the molecule is Cn1ccnc1-c1cc(C[C@H]2CCN(C(=O)c3cccc(F)c3)C2)ncn1. The second-order valence-corrected chi connectivity index (χ2v) is 6.88. The molecule has 0 aliphatic carbocycles. The second-order valence-electron chi connectivity index (χ2n) is 6.88. The average Bonchev–Trinajstić information content (AvgIpc) is 3.30. The summed E-state index contributed by atoms with van der Waals surface area (Å²) < 4.78 is 15.3. The van der Waals surface area contributed by atoms with E-state index >= 15 is 0 Å². The van der Waals surface area contributed by atoms with Crippen molar-refractivity contribution in [3.63, 3.8) is 0 Å². The number of imidazole rings is 1. The Balaban J connectivity index is 1.43. The number of rotatable bonds is 4. The van der Waals surface area contributed by atoms with Crippen LogP contribution >= 0.6 is 0 Å². The number of amides is 1. The van der Waals surface area contributed by atoms with Crippen molar-refractivity contribution in [2.45, 2.75) is 12.8 Å². The van der Waals surface area contributed by atoms with Crippen molar-refractivity contribution < 1.29 is 9.18 Å². The van der Waals surface area contributed by atoms with Crippen molar-refractivity contribution in [3.05, 3.63) is 66.1 Å². The fourth-order valence-electron chi connectivity index (χ4n) is 3.53. The largest absolute Gasteiger partial charge is 0.338 e. The lowest BCUT2D eigenvalue weighted by Crippen LogP contribution is -2.29. The lowest BCUT2D eigenvalue weighted by molar-refractivity contribution is 0.0786. The van der Waals surface area contributed by atoms with Gasteiger partial charge in [0.2, 0.25) is 0 Å². The number of benzene rings is 1. The highest BCUT2D eigenvalue weighted by molar-refractivity contribution is 5.94. The molecule has 6 nitrogen and oxygen atoms in total. The van der Waals surface area contributed by atoms with E-state index in [1.165, 1.54) is 12.1 Å². The molecule has 0 unspecified atom stereocenters. The van der Waals surface area contributed by atoms with Gasteiger partial charge in [-0.25, -0.2) is 19.3 Å². The molecule has 0 radical (unpaired) electrons. The van der Waals surface area contributed by atoms with Crippen LogP contribution in [-0.2, 0) is 13.5 Å². The van der Waals surface area contributed by atoms with Crippen LogP contribution in [0.4, 0.5) is 4.39 Å². The molecule has 0 N–H and O–H groups in total. The molecule has 1 amide bonds. The highest BCUT2D eigenvalue weighted by Gasteiger charge is 2.27. The minimum absolute atomic E-state index is 0.117. The molecule has 2 aromatic heterocycles. The quantitative estimate of drug-likeness (QED) is 0.713. The van der Waals surface area contributed by atoms with Crippen LogP contribution in [0.1, 0.15) is 22.5 Å². The molecule has 4 rings (SSSR count). The number of hydrogen-bond acceptors (Lipinski definition) is 4. The van der Waals surface area contributed by atoms with Gasteiger partial charge in [0.25, 0.3) is 5.91 Å². The number of nitrogens with zero attached hydrogens (tertiary/aromatic N) is 5. The lowest BCUT2D eigenvalue weighted by Gasteiger charge is -2.16. The van der Waals surface area contributed by atoms with Crippen LogP contribution < -0.4 is 0 Å². The molecule has 1 aromatic carbocycles. The zero-order valence-electron chi connectivity index (χ0n) is 15.0. The number of aromatic nitrogens is 4. The molecular weight excluding hydrogens is 345 g/mol. The van der Waals surface area contributed by atoms with Crippen LogP contribution in [0.15, 0.2) is 49.1 Å². The molecule has 27 heavy (non-hydrogen) atoms. The number of halogens is 1. The molecule has 7 heteroatoms. The maximum atomic E-state index is 13.4. The van der Waals surface area contributed by atoms with E-state index in [0.717, 1.165) is 30.1 Å². The van der Waals surface area contributed by atoms with E-state index in [4.69, 9.17) is 0 Å². The van der Waals surface area contributed by atoms with Gasteiger partial charge in [0, 0.05) is 43.8 Å². The summed E-state index contributed by atoms with van der Waals surface area (Å²) in [5.74, 6) is 0.618. The molecule has 0 bridgehead atoms. The van der Waals surface area contributed by atoms with Crippen LogP contribution in [0.3, 0.4) is 0 Å². The number of hydrogen-bond donors (Lipinski definition) is 0. The van der Waals surface area contributed by atoms with Crippen LogP contribution in [-0.4, -0.2) is 43.4 Å². The van der Waals surface area contributed by atoms with Crippen LogP contribution in [0.25, 0.3) is 11.5 Å². The molecule has 3 aromatic rings. The first kappa shape index (κ1) is 17.3. The third kappa shape index (κ3) is 3.72. The van der Waals surface area contributed by atoms with E-state index in [1.54, 1.807) is 29.6 Å². The van der Waals surface area contributed by atoms with Gasteiger partial charge in [-0.15, -0.1) is 0 Å². The Bertz CT molecular complexity index is 970. The van der Waals surface area contributed by atoms with Crippen molar-refractivity contribution in [1.29, 1.82) is 0 Å². The van der Waals surface area contributed by atoms with Crippen molar-refractivity contribution in [1.82, 2.24) is 24.4 Å². The molecule has 1 aliphatic rings. The fraction of sp³-hybridized carbons (Fsp3) is 0.300. The van der Waals surface area contributed by atoms with Crippen molar-refractivity contribution in [2.24, 2.45) is 13.0 Å². The Kier molecular flexibility index (Phi) is 4.66. The molecule has 0 spiro atoms. The Morgan fingerprint density at radius 3 is 2.93 bits per heavy atom. The Hall–Kier alpha value is -3.09. The summed E-state index contributed by atoms with van der Waals surface area (Å²) in [6.45, 7) is 1.33. The zero-order chi connectivity index (χ0) is 18.8. The summed E-state index contributed by atoms with van der Waals surface area (Å²) in [6.07, 6.45) is 6.85. The Morgan fingerprint density at radius 2 is 2.15 bits per heavy atom. The lowest BCUT2D eigenvalue weighted by atomic mass is 10.0. The minimum Gasteiger partial charge on any atom is -0.338 e. The molecule has 138 valence electrons. The molecule has 1 atom stereocenters. The minimum atomic E-state index is -0.389. The van der Waals surface area contributed by atoms with Gasteiger partial charge in [-0.1, -0.05) is 6.07 Å². The van der Waals surface area contributed by atoms with Gasteiger partial charge in [0.05, 0.1) is 0 Å². The number of carbonyl (C=O) groups excluding carboxylic acids is 1. The summed E-state index contributed by atoms with van der Waals surface area (Å²) in [7, 11) is 1.93. The molecule has 1 saturated heterocycles. The van der Waals surface area contributed by atoms with Crippen molar-refractivity contribution in [2.75, 3.05) is 13.1 Å². The van der Waals surface area contributed by atoms with E-state index in [0.29, 0.717) is 24.6 Å². The summed E-state index contributed by atoms with van der Waals surface area (Å²) in [5, 5.41) is 0. The first-order valence-corrected chi connectivity index (χ1v) is 8.93. The first-order chi connectivity index (χ1) is 13.1. The van der Waals surface area contributed by atoms with Crippen molar-refractivity contribution >= 4 is 5.91 Å². The maximum absolute atomic E-state index is 13.4. The van der Waals surface area contributed by atoms with Gasteiger partial charge in [-0.3, -0.25) is 4.79 Å². The molecule has 1 fully saturated rings. The topological polar surface area (TPSA) is 63.9 Å². The monoisotopic (exact) mass is 365 g/mol. The van der Waals surface area contributed by atoms with E-state index in [-0.39, 0.29) is 11.7 Å². The summed E-state index contributed by atoms with van der Waals surface area (Å²) in [5.41, 5.74) is 2.13. The van der Waals surface area contributed by atoms with Gasteiger partial charge in [-0.05, 0) is 43.0 Å². The molecule has 1 aliphatic heterocycles. The zero-order valence-corrected chi connectivity index (χ0v) is 15.0. The van der Waals surface area contributed by atoms with Gasteiger partial charge >= 0.3 is 0 Å². The second kappa shape index (κ2) is 7.26. The van der Waals surface area contributed by atoms with E-state index < -0.39 is 0 Å². The molecular formula is C20H20FN5O. The number of carbonyl (C=O) groups is 1. The van der Waals surface area contributed by atoms with Gasteiger partial charge in [-0.2, -0.15) is 0 Å². The summed E-state index contributed by atoms with van der Waals surface area (Å²) in [4.78, 5) is 27.4. The Labute approximate surface area is 156 Å². The maximum Gasteiger partial charge on any atom is 0.253 e. The summed E-state index contributed by atoms with van der Waals surface area (Å²) in [6, 6.07) is 7.81. The van der Waals surface area contributed by atoms with Crippen LogP contribution in [0.5, 0.6) is 0 Å². The third-order valence-electron chi connectivity index (χ3n) is 4.92. The van der Waals surface area contributed by atoms with E-state index in [1.807, 2.05) is 23.9 Å². The third-order valence-corrected chi connectivity index (χ3v) is 4.92. The Morgan fingerprint density at radius 1 is 1.26 bits per heavy atom. The number of aryl methyl sites for hydroxylation is 1. The van der Waals surface area contributed by atoms with Gasteiger partial charge in [0.1, 0.15) is 17.8 Å². The standard InChI is InChI=1S/C20H20FN5O/c1-25-8-6-22-19(25)18-11-17(23-13-24-18)9-14-5-7-26(12-14)20(27)15-3-2-4-16(21)10-15/h2-4,6,8,10-11,13-14H,5,7,9,12H2,1H3/t14-/m1/s1. The predicted octanol–water partition coefficient (Wildman–Crippen LogP) is 2.72. The van der Waals surface area contributed by atoms with E-state index in [2.05, 4.69) is 15.0 Å². The van der Waals surface area contributed by atoms with Gasteiger partial charge < -0.3 is 9.47 Å². The van der Waals surface area contributed by atoms with Crippen molar-refractivity contribution in [3.8, 4) is 11.5 Å². The first-order valence-electron chi connectivity index (χ1n) is 8.93. The average molecular weight is 365 g/mol. The van der Waals surface area contributed by atoms with Crippen LogP contribution in [0, 0.1) is 11.7 Å². The molecule has 3 heterocycles. The molecule has 0 saturated carbocycles. The summed E-state index contributed by atoms with van der Waals surface area (Å²) >= 11 is 0. The fourth-order valence-corrected chi connectivity index (χ4v) is 3.53. The number of likely N-dealkylation sites (tertiary alicyclic amines) is 1. The van der Waals surface area contributed by atoms with E-state index in [9.17, 15) is 9.18 Å². The predicted molar refractivity (Wildman–Crippen MR) is 98.3 cm³/mol. The highest BCUT2D eigenvalue weighted by atomic mass is 19.1. The normalized spacial score (nSPS) is 16.7.